The lowest BCUT2D eigenvalue weighted by molar-refractivity contribution is -0.123. The summed E-state index contributed by atoms with van der Waals surface area (Å²) in [5.41, 5.74) is 1.04. The number of aromatic hydroxyl groups is 1. The van der Waals surface area contributed by atoms with Crippen LogP contribution in [-0.2, 0) is 11.2 Å². The molecule has 6 heteroatoms. The monoisotopic (exact) mass is 489 g/mol. The van der Waals surface area contributed by atoms with Crippen LogP contribution in [0.25, 0.3) is 10.8 Å². The number of fused-ring (bicyclic) bond motifs is 1. The van der Waals surface area contributed by atoms with Gasteiger partial charge in [0.25, 0.3) is 0 Å². The third-order valence-electron chi connectivity index (χ3n) is 4.49. The smallest absolute Gasteiger partial charge is 0.231 e. The van der Waals surface area contributed by atoms with E-state index in [1.165, 1.54) is 7.05 Å². The van der Waals surface area contributed by atoms with Crippen LogP contribution >= 0.6 is 31.9 Å². The van der Waals surface area contributed by atoms with Crippen molar-refractivity contribution in [3.05, 3.63) is 74.7 Å². The minimum Gasteiger partial charge on any atom is -0.508 e. The SMILES string of the molecule is CNC(=O)C(Cc1c(O)ccc2cc(Br)ccc12)C(=O)c1ccc(Br)cc1. The van der Waals surface area contributed by atoms with E-state index in [0.717, 1.165) is 19.7 Å². The number of carbonyl (C=O) groups is 2. The predicted molar refractivity (Wildman–Crippen MR) is 113 cm³/mol. The molecule has 1 amide bonds. The molecule has 3 rings (SSSR count). The molecule has 3 aromatic rings. The maximum Gasteiger partial charge on any atom is 0.231 e. The van der Waals surface area contributed by atoms with Gasteiger partial charge >= 0.3 is 0 Å². The molecule has 27 heavy (non-hydrogen) atoms. The topological polar surface area (TPSA) is 66.4 Å². The third kappa shape index (κ3) is 4.22. The van der Waals surface area contributed by atoms with Gasteiger partial charge in [-0.2, -0.15) is 0 Å². The molecule has 2 N–H and O–H groups in total. The first-order chi connectivity index (χ1) is 12.9. The molecule has 3 aromatic carbocycles. The van der Waals surface area contributed by atoms with Crippen molar-refractivity contribution in [3.8, 4) is 5.75 Å². The summed E-state index contributed by atoms with van der Waals surface area (Å²) >= 11 is 6.78. The van der Waals surface area contributed by atoms with E-state index in [9.17, 15) is 14.7 Å². The molecule has 138 valence electrons. The average molecular weight is 491 g/mol. The zero-order valence-electron chi connectivity index (χ0n) is 14.5. The van der Waals surface area contributed by atoms with Crippen LogP contribution in [-0.4, -0.2) is 23.8 Å². The molecular weight excluding hydrogens is 474 g/mol. The minimum atomic E-state index is -0.934. The van der Waals surface area contributed by atoms with Gasteiger partial charge in [0.05, 0.1) is 0 Å². The molecule has 0 fully saturated rings. The highest BCUT2D eigenvalue weighted by Crippen LogP contribution is 2.32. The normalized spacial score (nSPS) is 12.0. The summed E-state index contributed by atoms with van der Waals surface area (Å²) < 4.78 is 1.77. The van der Waals surface area contributed by atoms with Crippen LogP contribution in [0, 0.1) is 5.92 Å². The number of amides is 1. The number of rotatable bonds is 5. The molecule has 0 aliphatic rings. The van der Waals surface area contributed by atoms with E-state index >= 15 is 0 Å². The van der Waals surface area contributed by atoms with Crippen LogP contribution in [0.3, 0.4) is 0 Å². The molecule has 0 spiro atoms. The molecule has 4 nitrogen and oxygen atoms in total. The van der Waals surface area contributed by atoms with Crippen molar-refractivity contribution in [2.75, 3.05) is 7.05 Å². The Morgan fingerprint density at radius 3 is 2.33 bits per heavy atom. The number of Topliss-reactive ketones (excluding diaryl/α,β-unsaturated/α-hetero) is 1. The number of hydrogen-bond donors (Lipinski definition) is 2. The maximum atomic E-state index is 13.0. The van der Waals surface area contributed by atoms with Crippen LogP contribution in [0.2, 0.25) is 0 Å². The van der Waals surface area contributed by atoms with E-state index < -0.39 is 5.92 Å². The number of phenols is 1. The molecule has 0 radical (unpaired) electrons. The van der Waals surface area contributed by atoms with E-state index in [0.29, 0.717) is 11.1 Å². The van der Waals surface area contributed by atoms with Crippen LogP contribution in [0.15, 0.2) is 63.5 Å². The van der Waals surface area contributed by atoms with Crippen LogP contribution in [0.4, 0.5) is 0 Å². The summed E-state index contributed by atoms with van der Waals surface area (Å²) in [5, 5.41) is 14.7. The lowest BCUT2D eigenvalue weighted by atomic mass is 9.88. The molecule has 0 aliphatic carbocycles. The van der Waals surface area contributed by atoms with Gasteiger partial charge in [-0.1, -0.05) is 56.1 Å². The Bertz CT molecular complexity index is 1020. The molecule has 0 heterocycles. The van der Waals surface area contributed by atoms with Crippen LogP contribution < -0.4 is 5.32 Å². The summed E-state index contributed by atoms with van der Waals surface area (Å²) in [4.78, 5) is 25.5. The molecule has 0 aromatic heterocycles. The highest BCUT2D eigenvalue weighted by Gasteiger charge is 2.28. The second kappa shape index (κ2) is 8.23. The number of halogens is 2. The molecule has 0 bridgehead atoms. The van der Waals surface area contributed by atoms with Crippen molar-refractivity contribution in [2.45, 2.75) is 6.42 Å². The standard InChI is InChI=1S/C21H17Br2NO3/c1-24-21(27)18(20(26)12-2-5-14(22)6-3-12)11-17-16-8-7-15(23)10-13(16)4-9-19(17)25/h2-10,18,25H,11H2,1H3,(H,24,27). The molecule has 0 saturated heterocycles. The third-order valence-corrected chi connectivity index (χ3v) is 5.51. The van der Waals surface area contributed by atoms with Gasteiger partial charge in [-0.05, 0) is 47.5 Å². The van der Waals surface area contributed by atoms with Crippen LogP contribution in [0.5, 0.6) is 5.75 Å². The predicted octanol–water partition coefficient (Wildman–Crippen LogP) is 4.86. The number of phenolic OH excluding ortho intramolecular Hbond substituents is 1. The fourth-order valence-corrected chi connectivity index (χ4v) is 3.71. The Hall–Kier alpha value is -2.18. The van der Waals surface area contributed by atoms with Crippen molar-refractivity contribution in [3.63, 3.8) is 0 Å². The fourth-order valence-electron chi connectivity index (χ4n) is 3.07. The van der Waals surface area contributed by atoms with Crippen molar-refractivity contribution < 1.29 is 14.7 Å². The van der Waals surface area contributed by atoms with Crippen molar-refractivity contribution in [1.82, 2.24) is 5.32 Å². The molecule has 0 saturated carbocycles. The number of carbonyl (C=O) groups excluding carboxylic acids is 2. The Morgan fingerprint density at radius 2 is 1.67 bits per heavy atom. The van der Waals surface area contributed by atoms with E-state index in [4.69, 9.17) is 0 Å². The lowest BCUT2D eigenvalue weighted by Crippen LogP contribution is -2.34. The van der Waals surface area contributed by atoms with Gasteiger partial charge in [0.1, 0.15) is 11.7 Å². The van der Waals surface area contributed by atoms with Gasteiger partial charge in [0.2, 0.25) is 5.91 Å². The van der Waals surface area contributed by atoms with Gasteiger partial charge in [-0.25, -0.2) is 0 Å². The van der Waals surface area contributed by atoms with Crippen LogP contribution in [0.1, 0.15) is 15.9 Å². The maximum absolute atomic E-state index is 13.0. The Morgan fingerprint density at radius 1 is 1.00 bits per heavy atom. The van der Waals surface area contributed by atoms with E-state index in [-0.39, 0.29) is 23.9 Å². The van der Waals surface area contributed by atoms with Crippen molar-refractivity contribution >= 4 is 54.3 Å². The minimum absolute atomic E-state index is 0.0716. The second-order valence-corrected chi connectivity index (χ2v) is 8.00. The second-order valence-electron chi connectivity index (χ2n) is 6.17. The van der Waals surface area contributed by atoms with Gasteiger partial charge in [0, 0.05) is 27.1 Å². The summed E-state index contributed by atoms with van der Waals surface area (Å²) in [5.74, 6) is -1.52. The molecule has 0 aliphatic heterocycles. The van der Waals surface area contributed by atoms with E-state index in [2.05, 4.69) is 37.2 Å². The number of ketones is 1. The van der Waals surface area contributed by atoms with Gasteiger partial charge in [-0.3, -0.25) is 9.59 Å². The highest BCUT2D eigenvalue weighted by atomic mass is 79.9. The molecule has 1 unspecified atom stereocenters. The Labute approximate surface area is 173 Å². The first-order valence-electron chi connectivity index (χ1n) is 8.32. The lowest BCUT2D eigenvalue weighted by Gasteiger charge is -2.17. The van der Waals surface area contributed by atoms with Gasteiger partial charge in [-0.15, -0.1) is 0 Å². The Kier molecular flexibility index (Phi) is 5.97. The first kappa shape index (κ1) is 19.6. The molecular formula is C21H17Br2NO3. The summed E-state index contributed by atoms with van der Waals surface area (Å²) in [6.07, 6.45) is 0.110. The zero-order chi connectivity index (χ0) is 19.6. The van der Waals surface area contributed by atoms with E-state index in [1.807, 2.05) is 24.3 Å². The zero-order valence-corrected chi connectivity index (χ0v) is 17.7. The first-order valence-corrected chi connectivity index (χ1v) is 9.91. The quantitative estimate of drug-likeness (QED) is 0.396. The Balaban J connectivity index is 2.04. The number of nitrogens with one attached hydrogen (secondary N) is 1. The van der Waals surface area contributed by atoms with E-state index in [1.54, 1.807) is 30.3 Å². The summed E-state index contributed by atoms with van der Waals surface area (Å²) in [6.45, 7) is 0. The number of hydrogen-bond acceptors (Lipinski definition) is 3. The number of benzene rings is 3. The van der Waals surface area contributed by atoms with Crippen molar-refractivity contribution in [2.24, 2.45) is 5.92 Å². The summed E-state index contributed by atoms with van der Waals surface area (Å²) in [6, 6.07) is 16.0. The largest absolute Gasteiger partial charge is 0.508 e. The van der Waals surface area contributed by atoms with Crippen molar-refractivity contribution in [1.29, 1.82) is 0 Å². The van der Waals surface area contributed by atoms with Gasteiger partial charge in [0.15, 0.2) is 5.78 Å². The summed E-state index contributed by atoms with van der Waals surface area (Å²) in [7, 11) is 1.50. The average Bonchev–Trinajstić information content (AvgIpc) is 2.67. The molecule has 1 atom stereocenters. The highest BCUT2D eigenvalue weighted by molar-refractivity contribution is 9.10. The fraction of sp³-hybridized carbons (Fsp3) is 0.143. The van der Waals surface area contributed by atoms with Gasteiger partial charge < -0.3 is 10.4 Å².